The van der Waals surface area contributed by atoms with Gasteiger partial charge in [0.15, 0.2) is 0 Å². The van der Waals surface area contributed by atoms with Crippen LogP contribution in [0.15, 0.2) is 36.1 Å². The summed E-state index contributed by atoms with van der Waals surface area (Å²) in [6.07, 6.45) is 1.70. The van der Waals surface area contributed by atoms with Crippen LogP contribution >= 0.6 is 0 Å². The summed E-state index contributed by atoms with van der Waals surface area (Å²) in [7, 11) is 0. The molecule has 3 aliphatic rings. The van der Waals surface area contributed by atoms with Gasteiger partial charge in [-0.2, -0.15) is 0 Å². The number of benzene rings is 1. The van der Waals surface area contributed by atoms with Crippen LogP contribution in [0.5, 0.6) is 0 Å². The first-order chi connectivity index (χ1) is 14.9. The summed E-state index contributed by atoms with van der Waals surface area (Å²) in [5.74, 6) is 0.0138. The Morgan fingerprint density at radius 2 is 1.81 bits per heavy atom. The molecule has 1 atom stereocenters. The highest BCUT2D eigenvalue weighted by Gasteiger charge is 2.44. The van der Waals surface area contributed by atoms with E-state index < -0.39 is 6.04 Å². The number of morpholine rings is 1. The van der Waals surface area contributed by atoms with Crippen LogP contribution in [0.3, 0.4) is 0 Å². The molecule has 3 amide bonds. The minimum Gasteiger partial charge on any atom is -0.379 e. The fourth-order valence-corrected chi connectivity index (χ4v) is 4.67. The average molecular weight is 425 g/mol. The Morgan fingerprint density at radius 3 is 2.52 bits per heavy atom. The lowest BCUT2D eigenvalue weighted by Crippen LogP contribution is -2.47. The Hall–Kier alpha value is -2.64. The quantitative estimate of drug-likeness (QED) is 0.712. The highest BCUT2D eigenvalue weighted by atomic mass is 16.5. The molecule has 1 fully saturated rings. The van der Waals surface area contributed by atoms with Gasteiger partial charge in [-0.05, 0) is 43.0 Å². The molecule has 1 aromatic rings. The van der Waals surface area contributed by atoms with Gasteiger partial charge in [-0.25, -0.2) is 4.79 Å². The number of urea groups is 1. The van der Waals surface area contributed by atoms with Gasteiger partial charge in [-0.1, -0.05) is 18.2 Å². The van der Waals surface area contributed by atoms with Crippen molar-refractivity contribution >= 4 is 11.9 Å². The monoisotopic (exact) mass is 424 g/mol. The fourth-order valence-electron chi connectivity index (χ4n) is 4.67. The number of carbonyl (C=O) groups is 2. The smallest absolute Gasteiger partial charge is 0.322 e. The van der Waals surface area contributed by atoms with Crippen molar-refractivity contribution in [2.45, 2.75) is 26.8 Å². The van der Waals surface area contributed by atoms with Gasteiger partial charge in [0.25, 0.3) is 5.91 Å². The topological polar surface area (TPSA) is 65.1 Å². The zero-order valence-corrected chi connectivity index (χ0v) is 18.7. The molecular weight excluding hydrogens is 392 g/mol. The maximum Gasteiger partial charge on any atom is 0.322 e. The van der Waals surface area contributed by atoms with Crippen LogP contribution in [0.4, 0.5) is 4.79 Å². The van der Waals surface area contributed by atoms with Gasteiger partial charge >= 0.3 is 6.03 Å². The normalized spacial score (nSPS) is 22.1. The first-order valence-electron chi connectivity index (χ1n) is 11.0. The molecule has 7 nitrogen and oxygen atoms in total. The molecule has 31 heavy (non-hydrogen) atoms. The summed E-state index contributed by atoms with van der Waals surface area (Å²) in [5.41, 5.74) is 5.92. The molecule has 166 valence electrons. The van der Waals surface area contributed by atoms with E-state index in [-0.39, 0.29) is 11.9 Å². The molecule has 0 bridgehead atoms. The van der Waals surface area contributed by atoms with Crippen LogP contribution < -0.4 is 5.32 Å². The second kappa shape index (κ2) is 8.85. The maximum atomic E-state index is 13.5. The summed E-state index contributed by atoms with van der Waals surface area (Å²) < 4.78 is 5.42. The van der Waals surface area contributed by atoms with Gasteiger partial charge in [0.1, 0.15) is 0 Å². The van der Waals surface area contributed by atoms with Crippen LogP contribution in [0.1, 0.15) is 28.3 Å². The third-order valence-electron chi connectivity index (χ3n) is 6.59. The van der Waals surface area contributed by atoms with Crippen LogP contribution in [0.25, 0.3) is 0 Å². The van der Waals surface area contributed by atoms with Gasteiger partial charge < -0.3 is 15.0 Å². The van der Waals surface area contributed by atoms with E-state index in [4.69, 9.17) is 4.74 Å². The van der Waals surface area contributed by atoms with Crippen LogP contribution in [0, 0.1) is 20.8 Å². The van der Waals surface area contributed by atoms with E-state index >= 15 is 0 Å². The van der Waals surface area contributed by atoms with Crippen LogP contribution in [-0.2, 0) is 9.53 Å². The van der Waals surface area contributed by atoms with E-state index in [1.165, 1.54) is 5.56 Å². The molecule has 1 aromatic carbocycles. The lowest BCUT2D eigenvalue weighted by atomic mass is 9.90. The molecule has 0 saturated carbocycles. The zero-order valence-electron chi connectivity index (χ0n) is 18.7. The van der Waals surface area contributed by atoms with Crippen molar-refractivity contribution in [3.05, 3.63) is 58.3 Å². The van der Waals surface area contributed by atoms with E-state index in [2.05, 4.69) is 42.8 Å². The fraction of sp³-hybridized carbons (Fsp3) is 0.500. The molecule has 1 N–H and O–H groups in total. The number of aryl methyl sites for hydroxylation is 3. The summed E-state index contributed by atoms with van der Waals surface area (Å²) in [6.45, 7) is 15.5. The SMILES string of the molecule is C=CCN1C(=O)N[C@@H](c2cc(C)c(C)cc2C)C2=C1CN(CCN1CCOCC1)C2=O. The molecule has 0 unspecified atom stereocenters. The Kier molecular flexibility index (Phi) is 6.16. The molecule has 0 aliphatic carbocycles. The number of rotatable bonds is 6. The third kappa shape index (κ3) is 4.12. The number of nitrogens with one attached hydrogen (secondary N) is 1. The molecule has 3 aliphatic heterocycles. The minimum absolute atomic E-state index is 0.0138. The van der Waals surface area contributed by atoms with Crippen LogP contribution in [-0.4, -0.2) is 79.1 Å². The van der Waals surface area contributed by atoms with Crippen molar-refractivity contribution in [3.8, 4) is 0 Å². The predicted octanol–water partition coefficient (Wildman–Crippen LogP) is 2.29. The summed E-state index contributed by atoms with van der Waals surface area (Å²) >= 11 is 0. The largest absolute Gasteiger partial charge is 0.379 e. The van der Waals surface area contributed by atoms with Crippen molar-refractivity contribution in [3.63, 3.8) is 0 Å². The Balaban J connectivity index is 1.64. The Morgan fingerprint density at radius 1 is 1.10 bits per heavy atom. The minimum atomic E-state index is -0.427. The molecule has 7 heteroatoms. The zero-order chi connectivity index (χ0) is 22.1. The van der Waals surface area contributed by atoms with Gasteiger partial charge in [0.2, 0.25) is 0 Å². The highest BCUT2D eigenvalue weighted by Crippen LogP contribution is 2.37. The second-order valence-corrected chi connectivity index (χ2v) is 8.62. The van der Waals surface area contributed by atoms with Crippen molar-refractivity contribution in [1.29, 1.82) is 0 Å². The van der Waals surface area contributed by atoms with Gasteiger partial charge in [0, 0.05) is 32.7 Å². The van der Waals surface area contributed by atoms with Crippen molar-refractivity contribution < 1.29 is 14.3 Å². The second-order valence-electron chi connectivity index (χ2n) is 8.62. The van der Waals surface area contributed by atoms with Crippen molar-refractivity contribution in [2.24, 2.45) is 0 Å². The van der Waals surface area contributed by atoms with Gasteiger partial charge in [0.05, 0.1) is 37.1 Å². The number of hydrogen-bond acceptors (Lipinski definition) is 4. The number of hydrogen-bond donors (Lipinski definition) is 1. The summed E-state index contributed by atoms with van der Waals surface area (Å²) in [5, 5.41) is 3.09. The lowest BCUT2D eigenvalue weighted by molar-refractivity contribution is -0.126. The van der Waals surface area contributed by atoms with E-state index in [1.807, 2.05) is 11.8 Å². The standard InChI is InChI=1S/C24H32N4O3/c1-5-6-28-20-15-27(8-7-26-9-11-31-12-10-26)23(29)21(20)22(25-24(28)30)19-14-17(3)16(2)13-18(19)4/h5,13-14,22H,1,6-12,15H2,2-4H3,(H,25,30)/t22-/m0/s1. The van der Waals surface area contributed by atoms with Gasteiger partial charge in [-0.15, -0.1) is 6.58 Å². The number of nitrogens with zero attached hydrogens (tertiary/aromatic N) is 3. The molecule has 4 rings (SSSR count). The van der Waals surface area contributed by atoms with E-state index in [1.54, 1.807) is 11.0 Å². The van der Waals surface area contributed by atoms with Crippen molar-refractivity contribution in [2.75, 3.05) is 52.5 Å². The van der Waals surface area contributed by atoms with E-state index in [0.717, 1.165) is 55.2 Å². The molecule has 0 spiro atoms. The lowest BCUT2D eigenvalue weighted by Gasteiger charge is -2.33. The Bertz CT molecular complexity index is 933. The average Bonchev–Trinajstić information content (AvgIpc) is 3.08. The Labute approximate surface area is 184 Å². The van der Waals surface area contributed by atoms with Crippen molar-refractivity contribution in [1.82, 2.24) is 20.0 Å². The predicted molar refractivity (Wildman–Crippen MR) is 120 cm³/mol. The number of carbonyl (C=O) groups excluding carboxylic acids is 2. The highest BCUT2D eigenvalue weighted by molar-refractivity contribution is 6.01. The third-order valence-corrected chi connectivity index (χ3v) is 6.59. The molecule has 1 saturated heterocycles. The maximum absolute atomic E-state index is 13.5. The summed E-state index contributed by atoms with van der Waals surface area (Å²) in [6, 6.07) is 3.63. The molecule has 0 radical (unpaired) electrons. The number of amides is 3. The molecule has 3 heterocycles. The van der Waals surface area contributed by atoms with E-state index in [9.17, 15) is 9.59 Å². The van der Waals surface area contributed by atoms with E-state index in [0.29, 0.717) is 25.2 Å². The first kappa shape index (κ1) is 21.6. The summed E-state index contributed by atoms with van der Waals surface area (Å²) in [4.78, 5) is 32.4. The number of ether oxygens (including phenoxy) is 1. The van der Waals surface area contributed by atoms with Crippen LogP contribution in [0.2, 0.25) is 0 Å². The van der Waals surface area contributed by atoms with Gasteiger partial charge in [-0.3, -0.25) is 14.6 Å². The molecular formula is C24H32N4O3. The first-order valence-corrected chi connectivity index (χ1v) is 11.0. The molecule has 0 aromatic heterocycles.